The van der Waals surface area contributed by atoms with E-state index in [1.165, 1.54) is 28.0 Å². The van der Waals surface area contributed by atoms with E-state index in [-0.39, 0.29) is 30.1 Å². The number of carboxylic acids is 1. The Kier molecular flexibility index (Phi) is 7.14. The Morgan fingerprint density at radius 3 is 2.60 bits per heavy atom. The van der Waals surface area contributed by atoms with Crippen molar-refractivity contribution in [3.05, 3.63) is 133 Å². The van der Waals surface area contributed by atoms with E-state index in [0.29, 0.717) is 54.7 Å². The maximum atomic E-state index is 14.1. The van der Waals surface area contributed by atoms with Crippen LogP contribution in [0.2, 0.25) is 0 Å². The minimum Gasteiger partial charge on any atom is -0.478 e. The first kappa shape index (κ1) is 28.1. The molecule has 1 atom stereocenters. The number of benzene rings is 3. The van der Waals surface area contributed by atoms with Crippen molar-refractivity contribution < 1.29 is 33.3 Å². The monoisotopic (exact) mass is 620 g/mol. The highest BCUT2D eigenvalue weighted by molar-refractivity contribution is 7.07. The van der Waals surface area contributed by atoms with Crippen molar-refractivity contribution in [2.75, 3.05) is 13.4 Å². The highest BCUT2D eigenvalue weighted by atomic mass is 32.1. The van der Waals surface area contributed by atoms with Gasteiger partial charge in [0.25, 0.3) is 5.56 Å². The number of esters is 1. The van der Waals surface area contributed by atoms with Crippen LogP contribution < -0.4 is 24.4 Å². The zero-order valence-corrected chi connectivity index (χ0v) is 24.6. The molecular weight excluding hydrogens is 596 g/mol. The van der Waals surface area contributed by atoms with Gasteiger partial charge in [0.1, 0.15) is 11.5 Å². The molecule has 224 valence electrons. The van der Waals surface area contributed by atoms with Crippen LogP contribution in [0.5, 0.6) is 11.5 Å². The third-order valence-corrected chi connectivity index (χ3v) is 8.36. The first-order chi connectivity index (χ1) is 21.9. The molecule has 10 nitrogen and oxygen atoms in total. The average molecular weight is 621 g/mol. The minimum absolute atomic E-state index is 0.0725. The van der Waals surface area contributed by atoms with E-state index in [1.807, 2.05) is 30.3 Å². The molecule has 5 aromatic rings. The SMILES string of the molecule is CCOC(=O)C1=C(c2ccccc2)N=c2s/c(=C/c3ccc(-c4cccc(C(=O)O)c4)o3)c(=O)n2C1c1ccc2c(c1)OCO2. The molecule has 0 amide bonds. The van der Waals surface area contributed by atoms with E-state index in [1.54, 1.807) is 55.5 Å². The van der Waals surface area contributed by atoms with Gasteiger partial charge in [0.2, 0.25) is 6.79 Å². The van der Waals surface area contributed by atoms with Gasteiger partial charge < -0.3 is 23.7 Å². The zero-order valence-electron chi connectivity index (χ0n) is 23.8. The Balaban J connectivity index is 1.41. The van der Waals surface area contributed by atoms with Gasteiger partial charge in [-0.1, -0.05) is 59.9 Å². The molecule has 1 N–H and O–H groups in total. The molecule has 0 fully saturated rings. The Morgan fingerprint density at radius 2 is 1.80 bits per heavy atom. The summed E-state index contributed by atoms with van der Waals surface area (Å²) in [5.41, 5.74) is 2.29. The van der Waals surface area contributed by atoms with Crippen LogP contribution in [-0.2, 0) is 9.53 Å². The summed E-state index contributed by atoms with van der Waals surface area (Å²) in [4.78, 5) is 44.5. The van der Waals surface area contributed by atoms with E-state index in [4.69, 9.17) is 23.6 Å². The quantitative estimate of drug-likeness (QED) is 0.261. The van der Waals surface area contributed by atoms with Gasteiger partial charge in [-0.25, -0.2) is 14.6 Å². The molecule has 2 aliphatic heterocycles. The van der Waals surface area contributed by atoms with Crippen LogP contribution in [0, 0.1) is 0 Å². The van der Waals surface area contributed by atoms with Crippen LogP contribution in [0.1, 0.15) is 40.2 Å². The Hall–Kier alpha value is -5.68. The summed E-state index contributed by atoms with van der Waals surface area (Å²) in [7, 11) is 0. The second-order valence-corrected chi connectivity index (χ2v) is 11.1. The third kappa shape index (κ3) is 5.12. The van der Waals surface area contributed by atoms with E-state index in [0.717, 1.165) is 0 Å². The van der Waals surface area contributed by atoms with Gasteiger partial charge in [-0.15, -0.1) is 0 Å². The number of carbonyl (C=O) groups is 2. The highest BCUT2D eigenvalue weighted by Crippen LogP contribution is 2.40. The minimum atomic E-state index is -1.04. The highest BCUT2D eigenvalue weighted by Gasteiger charge is 2.36. The first-order valence-electron chi connectivity index (χ1n) is 14.0. The van der Waals surface area contributed by atoms with E-state index < -0.39 is 18.0 Å². The number of ether oxygens (including phenoxy) is 3. The number of carbonyl (C=O) groups excluding carboxylic acids is 1. The fraction of sp³-hybridized carbons (Fsp3) is 0.118. The summed E-state index contributed by atoms with van der Waals surface area (Å²) in [5.74, 6) is 0.287. The zero-order chi connectivity index (χ0) is 31.1. The first-order valence-corrected chi connectivity index (χ1v) is 14.8. The molecule has 3 aromatic carbocycles. The summed E-state index contributed by atoms with van der Waals surface area (Å²) in [6.45, 7) is 1.93. The van der Waals surface area contributed by atoms with Crippen molar-refractivity contribution in [1.82, 2.24) is 4.57 Å². The maximum Gasteiger partial charge on any atom is 0.338 e. The Bertz CT molecular complexity index is 2190. The summed E-state index contributed by atoms with van der Waals surface area (Å²) in [6, 6.07) is 23.6. The molecular formula is C34H24N2O8S. The number of hydrogen-bond acceptors (Lipinski definition) is 9. The molecule has 1 unspecified atom stereocenters. The van der Waals surface area contributed by atoms with Crippen LogP contribution >= 0.6 is 11.3 Å². The van der Waals surface area contributed by atoms with Crippen molar-refractivity contribution in [2.45, 2.75) is 13.0 Å². The van der Waals surface area contributed by atoms with Gasteiger partial charge in [0, 0.05) is 17.2 Å². The van der Waals surface area contributed by atoms with Crippen molar-refractivity contribution in [3.8, 4) is 22.8 Å². The molecule has 11 heteroatoms. The van der Waals surface area contributed by atoms with Crippen LogP contribution in [0.4, 0.5) is 0 Å². The topological polar surface area (TPSA) is 130 Å². The lowest BCUT2D eigenvalue weighted by Crippen LogP contribution is -2.40. The molecule has 0 radical (unpaired) electrons. The summed E-state index contributed by atoms with van der Waals surface area (Å²) < 4.78 is 24.5. The lowest BCUT2D eigenvalue weighted by Gasteiger charge is -2.26. The third-order valence-electron chi connectivity index (χ3n) is 7.38. The number of nitrogens with zero attached hydrogens (tertiary/aromatic N) is 2. The van der Waals surface area contributed by atoms with Crippen LogP contribution in [0.25, 0.3) is 23.1 Å². The van der Waals surface area contributed by atoms with Gasteiger partial charge in [-0.05, 0) is 48.9 Å². The molecule has 0 bridgehead atoms. The van der Waals surface area contributed by atoms with Crippen molar-refractivity contribution in [3.63, 3.8) is 0 Å². The van der Waals surface area contributed by atoms with Crippen LogP contribution in [0.3, 0.4) is 0 Å². The fourth-order valence-electron chi connectivity index (χ4n) is 5.36. The maximum absolute atomic E-state index is 14.1. The summed E-state index contributed by atoms with van der Waals surface area (Å²) >= 11 is 1.17. The van der Waals surface area contributed by atoms with Gasteiger partial charge in [0.05, 0.1) is 34.0 Å². The number of carboxylic acid groups (broad SMARTS) is 1. The normalized spacial score (nSPS) is 15.5. The van der Waals surface area contributed by atoms with Crippen LogP contribution in [-0.4, -0.2) is 35.0 Å². The molecule has 2 aliphatic rings. The van der Waals surface area contributed by atoms with Crippen LogP contribution in [0.15, 0.2) is 105 Å². The van der Waals surface area contributed by atoms with Gasteiger partial charge in [0.15, 0.2) is 16.3 Å². The predicted molar refractivity (Wildman–Crippen MR) is 165 cm³/mol. The lowest BCUT2D eigenvalue weighted by molar-refractivity contribution is -0.138. The molecule has 0 saturated carbocycles. The number of hydrogen-bond donors (Lipinski definition) is 1. The van der Waals surface area contributed by atoms with Gasteiger partial charge >= 0.3 is 11.9 Å². The largest absolute Gasteiger partial charge is 0.478 e. The lowest BCUT2D eigenvalue weighted by atomic mass is 9.93. The summed E-state index contributed by atoms with van der Waals surface area (Å²) in [5, 5.41) is 9.36. The Morgan fingerprint density at radius 1 is 1.00 bits per heavy atom. The molecule has 7 rings (SSSR count). The fourth-order valence-corrected chi connectivity index (χ4v) is 6.34. The number of aromatic nitrogens is 1. The number of furan rings is 1. The number of rotatable bonds is 7. The van der Waals surface area contributed by atoms with Crippen molar-refractivity contribution >= 4 is 35.0 Å². The van der Waals surface area contributed by atoms with E-state index in [2.05, 4.69) is 0 Å². The standard InChI is InChI=1S/C34H24N2O8S/c1-2-41-33(40)28-29(19-7-4-3-5-8-19)35-34-36(30(28)21-11-13-25-26(16-21)43-18-42-25)31(37)27(45-34)17-23-12-14-24(44-23)20-9-6-10-22(15-20)32(38)39/h3-17,30H,2,18H2,1H3,(H,38,39)/b27-17+. The molecule has 0 aliphatic carbocycles. The number of aromatic carboxylic acids is 1. The predicted octanol–water partition coefficient (Wildman–Crippen LogP) is 4.62. The second-order valence-electron chi connectivity index (χ2n) is 10.1. The molecule has 45 heavy (non-hydrogen) atoms. The van der Waals surface area contributed by atoms with Crippen molar-refractivity contribution in [2.24, 2.45) is 4.99 Å². The van der Waals surface area contributed by atoms with Gasteiger partial charge in [-0.2, -0.15) is 0 Å². The number of fused-ring (bicyclic) bond motifs is 2. The summed E-state index contributed by atoms with van der Waals surface area (Å²) in [6.07, 6.45) is 1.61. The average Bonchev–Trinajstić information content (AvgIpc) is 3.80. The second kappa shape index (κ2) is 11.4. The molecule has 2 aromatic heterocycles. The van der Waals surface area contributed by atoms with E-state index >= 15 is 0 Å². The molecule has 0 saturated heterocycles. The Labute approximate surface area is 259 Å². The van der Waals surface area contributed by atoms with Crippen molar-refractivity contribution in [1.29, 1.82) is 0 Å². The molecule has 4 heterocycles. The van der Waals surface area contributed by atoms with E-state index in [9.17, 15) is 19.5 Å². The number of thiazole rings is 1. The van der Waals surface area contributed by atoms with Gasteiger partial charge in [-0.3, -0.25) is 9.36 Å². The molecule has 0 spiro atoms. The smallest absolute Gasteiger partial charge is 0.338 e.